The lowest BCUT2D eigenvalue weighted by molar-refractivity contribution is 0.652. The molecule has 0 aliphatic heterocycles. The van der Waals surface area contributed by atoms with Gasteiger partial charge in [-0.2, -0.15) is 0 Å². The number of benzene rings is 1. The molecule has 0 saturated carbocycles. The summed E-state index contributed by atoms with van der Waals surface area (Å²) < 4.78 is 6.07. The van der Waals surface area contributed by atoms with Crippen molar-refractivity contribution in [3.05, 3.63) is 59.9 Å². The Morgan fingerprint density at radius 1 is 1.05 bits per heavy atom. The van der Waals surface area contributed by atoms with E-state index in [4.69, 9.17) is 4.42 Å². The first-order valence-electron chi connectivity index (χ1n) is 7.50. The summed E-state index contributed by atoms with van der Waals surface area (Å²) in [6, 6.07) is 14.4. The molecule has 3 aromatic heterocycles. The molecule has 3 nitrogen and oxygen atoms in total. The Balaban J connectivity index is 2.04. The van der Waals surface area contributed by atoms with Crippen LogP contribution in [0.1, 0.15) is 18.2 Å². The number of aromatic nitrogens is 2. The van der Waals surface area contributed by atoms with Crippen molar-refractivity contribution in [1.29, 1.82) is 0 Å². The van der Waals surface area contributed by atoms with E-state index in [-0.39, 0.29) is 0 Å². The predicted octanol–water partition coefficient (Wildman–Crippen LogP) is 4.91. The average Bonchev–Trinajstić information content (AvgIpc) is 2.92. The van der Waals surface area contributed by atoms with Gasteiger partial charge in [-0.1, -0.05) is 19.1 Å². The third kappa shape index (κ3) is 1.98. The molecule has 1 aromatic carbocycles. The van der Waals surface area contributed by atoms with Crippen LogP contribution >= 0.6 is 0 Å². The second-order valence-corrected chi connectivity index (χ2v) is 5.51. The van der Waals surface area contributed by atoms with Gasteiger partial charge in [0.05, 0.1) is 5.69 Å². The quantitative estimate of drug-likeness (QED) is 0.526. The van der Waals surface area contributed by atoms with Crippen molar-refractivity contribution in [3.8, 4) is 11.3 Å². The summed E-state index contributed by atoms with van der Waals surface area (Å²) in [6.45, 7) is 4.16. The van der Waals surface area contributed by atoms with E-state index in [1.54, 1.807) is 0 Å². The first-order valence-corrected chi connectivity index (χ1v) is 7.50. The normalized spacial score (nSPS) is 11.4. The highest BCUT2D eigenvalue weighted by Gasteiger charge is 2.13. The Morgan fingerprint density at radius 2 is 1.95 bits per heavy atom. The summed E-state index contributed by atoms with van der Waals surface area (Å²) in [5.74, 6) is 0. The first kappa shape index (κ1) is 13.0. The van der Waals surface area contributed by atoms with Crippen molar-refractivity contribution in [2.24, 2.45) is 0 Å². The molecule has 0 radical (unpaired) electrons. The second-order valence-electron chi connectivity index (χ2n) is 5.51. The number of fused-ring (bicyclic) bond motifs is 3. The highest BCUT2D eigenvalue weighted by atomic mass is 16.3. The molecule has 22 heavy (non-hydrogen) atoms. The van der Waals surface area contributed by atoms with E-state index in [9.17, 15) is 0 Å². The van der Waals surface area contributed by atoms with E-state index in [1.807, 2.05) is 24.4 Å². The summed E-state index contributed by atoms with van der Waals surface area (Å²) in [6.07, 6.45) is 2.73. The summed E-state index contributed by atoms with van der Waals surface area (Å²) in [5.41, 5.74) is 5.73. The molecule has 0 aliphatic carbocycles. The van der Waals surface area contributed by atoms with Crippen molar-refractivity contribution >= 4 is 22.1 Å². The van der Waals surface area contributed by atoms with E-state index in [0.29, 0.717) is 5.71 Å². The second kappa shape index (κ2) is 4.95. The van der Waals surface area contributed by atoms with E-state index in [1.165, 1.54) is 5.56 Å². The molecule has 0 saturated heterocycles. The molecule has 0 fully saturated rings. The van der Waals surface area contributed by atoms with Gasteiger partial charge in [0.15, 0.2) is 0 Å². The lowest BCUT2D eigenvalue weighted by Crippen LogP contribution is -1.84. The minimum absolute atomic E-state index is 0.703. The lowest BCUT2D eigenvalue weighted by atomic mass is 10.1. The number of hydrogen-bond donors (Lipinski definition) is 0. The molecule has 0 unspecified atom stereocenters. The first-order chi connectivity index (χ1) is 10.8. The minimum atomic E-state index is 0.703. The van der Waals surface area contributed by atoms with Crippen LogP contribution in [0.4, 0.5) is 0 Å². The Kier molecular flexibility index (Phi) is 2.93. The van der Waals surface area contributed by atoms with Gasteiger partial charge in [-0.3, -0.25) is 4.98 Å². The van der Waals surface area contributed by atoms with Crippen molar-refractivity contribution in [3.63, 3.8) is 0 Å². The Labute approximate surface area is 128 Å². The van der Waals surface area contributed by atoms with E-state index >= 15 is 0 Å². The summed E-state index contributed by atoms with van der Waals surface area (Å²) in [4.78, 5) is 9.08. The number of nitrogens with zero attached hydrogens (tertiary/aromatic N) is 2. The molecular formula is C19H16N2O. The molecule has 3 heterocycles. The smallest absolute Gasteiger partial charge is 0.227 e. The number of aryl methyl sites for hydroxylation is 2. The average molecular weight is 288 g/mol. The topological polar surface area (TPSA) is 38.9 Å². The monoisotopic (exact) mass is 288 g/mol. The van der Waals surface area contributed by atoms with Gasteiger partial charge in [0.25, 0.3) is 0 Å². The fraction of sp³-hybridized carbons (Fsp3) is 0.158. The van der Waals surface area contributed by atoms with E-state index in [0.717, 1.165) is 39.7 Å². The van der Waals surface area contributed by atoms with Crippen LogP contribution in [0, 0.1) is 6.92 Å². The number of hydrogen-bond acceptors (Lipinski definition) is 3. The van der Waals surface area contributed by atoms with Gasteiger partial charge in [0.1, 0.15) is 5.58 Å². The molecule has 3 heteroatoms. The van der Waals surface area contributed by atoms with E-state index in [2.05, 4.69) is 48.1 Å². The molecule has 0 spiro atoms. The third-order valence-corrected chi connectivity index (χ3v) is 3.98. The largest absolute Gasteiger partial charge is 0.437 e. The van der Waals surface area contributed by atoms with Gasteiger partial charge in [-0.15, -0.1) is 0 Å². The van der Waals surface area contributed by atoms with Crippen LogP contribution in [0.25, 0.3) is 33.3 Å². The van der Waals surface area contributed by atoms with Crippen LogP contribution < -0.4 is 0 Å². The SMILES string of the molecule is CCc1ccc2c(n1)oc1c(-c3cc(C)ccn3)cccc12. The Hall–Kier alpha value is -2.68. The highest BCUT2D eigenvalue weighted by molar-refractivity contribution is 6.08. The molecule has 0 amide bonds. The summed E-state index contributed by atoms with van der Waals surface area (Å²) in [7, 11) is 0. The zero-order valence-corrected chi connectivity index (χ0v) is 12.6. The standard InChI is InChI=1S/C19H16N2O/c1-3-13-7-8-15-14-5-4-6-16(18(14)22-19(15)21-13)17-11-12(2)9-10-20-17/h4-11H,3H2,1-2H3. The lowest BCUT2D eigenvalue weighted by Gasteiger charge is -2.02. The molecule has 4 rings (SSSR count). The van der Waals surface area contributed by atoms with Crippen molar-refractivity contribution in [2.75, 3.05) is 0 Å². The zero-order chi connectivity index (χ0) is 15.1. The van der Waals surface area contributed by atoms with Crippen LogP contribution in [0.3, 0.4) is 0 Å². The minimum Gasteiger partial charge on any atom is -0.437 e. The van der Waals surface area contributed by atoms with Crippen molar-refractivity contribution in [2.45, 2.75) is 20.3 Å². The predicted molar refractivity (Wildman–Crippen MR) is 88.9 cm³/mol. The van der Waals surface area contributed by atoms with Gasteiger partial charge < -0.3 is 4.42 Å². The maximum Gasteiger partial charge on any atom is 0.227 e. The van der Waals surface area contributed by atoms with Crippen molar-refractivity contribution in [1.82, 2.24) is 9.97 Å². The number of pyridine rings is 2. The molecule has 0 atom stereocenters. The molecule has 108 valence electrons. The molecule has 0 N–H and O–H groups in total. The third-order valence-electron chi connectivity index (χ3n) is 3.98. The number of rotatable bonds is 2. The van der Waals surface area contributed by atoms with Crippen LogP contribution in [0.2, 0.25) is 0 Å². The summed E-state index contributed by atoms with van der Waals surface area (Å²) in [5, 5.41) is 2.15. The van der Waals surface area contributed by atoms with Crippen LogP contribution in [0.5, 0.6) is 0 Å². The molecule has 4 aromatic rings. The van der Waals surface area contributed by atoms with Gasteiger partial charge in [-0.05, 0) is 49.2 Å². The molecular weight excluding hydrogens is 272 g/mol. The van der Waals surface area contributed by atoms with Gasteiger partial charge in [0, 0.05) is 28.2 Å². The fourth-order valence-electron chi connectivity index (χ4n) is 2.80. The molecule has 0 bridgehead atoms. The van der Waals surface area contributed by atoms with Gasteiger partial charge >= 0.3 is 0 Å². The van der Waals surface area contributed by atoms with E-state index < -0.39 is 0 Å². The number of furan rings is 1. The summed E-state index contributed by atoms with van der Waals surface area (Å²) >= 11 is 0. The Bertz CT molecular complexity index is 985. The van der Waals surface area contributed by atoms with Gasteiger partial charge in [0.2, 0.25) is 5.71 Å². The maximum absolute atomic E-state index is 6.07. The fourth-order valence-corrected chi connectivity index (χ4v) is 2.80. The van der Waals surface area contributed by atoms with Crippen LogP contribution in [-0.4, -0.2) is 9.97 Å². The van der Waals surface area contributed by atoms with Crippen LogP contribution in [0.15, 0.2) is 53.1 Å². The number of para-hydroxylation sites is 1. The van der Waals surface area contributed by atoms with Crippen molar-refractivity contribution < 1.29 is 4.42 Å². The van der Waals surface area contributed by atoms with Crippen LogP contribution in [-0.2, 0) is 6.42 Å². The zero-order valence-electron chi connectivity index (χ0n) is 12.6. The molecule has 0 aliphatic rings. The van der Waals surface area contributed by atoms with Gasteiger partial charge in [-0.25, -0.2) is 4.98 Å². The highest BCUT2D eigenvalue weighted by Crippen LogP contribution is 2.34. The Morgan fingerprint density at radius 3 is 2.77 bits per heavy atom. The maximum atomic E-state index is 6.07.